The second-order valence-corrected chi connectivity index (χ2v) is 7.07. The summed E-state index contributed by atoms with van der Waals surface area (Å²) in [6, 6.07) is 14.3. The number of hydrogen-bond donors (Lipinski definition) is 3. The van der Waals surface area contributed by atoms with Crippen LogP contribution in [-0.4, -0.2) is 12.4 Å². The van der Waals surface area contributed by atoms with Crippen LogP contribution in [0.15, 0.2) is 95.0 Å². The molecule has 5 N–H and O–H groups in total. The van der Waals surface area contributed by atoms with Crippen molar-refractivity contribution in [2.24, 2.45) is 16.7 Å². The first-order chi connectivity index (χ1) is 15.4. The summed E-state index contributed by atoms with van der Waals surface area (Å²) in [4.78, 5) is 1.92. The van der Waals surface area contributed by atoms with E-state index in [2.05, 4.69) is 61.2 Å². The van der Waals surface area contributed by atoms with Crippen molar-refractivity contribution in [2.75, 3.05) is 11.4 Å². The number of nitrogens with two attached hydrogens (primary N) is 2. The van der Waals surface area contributed by atoms with Crippen LogP contribution >= 0.6 is 0 Å². The number of allylic oxidation sites excluding steroid dienone is 3. The number of nitrogens with zero attached hydrogens (tertiary/aromatic N) is 2. The lowest BCUT2D eigenvalue weighted by Gasteiger charge is -2.29. The molecule has 0 unspecified atom stereocenters. The third kappa shape index (κ3) is 6.77. The van der Waals surface area contributed by atoms with Gasteiger partial charge in [0.25, 0.3) is 0 Å². The predicted octanol–water partition coefficient (Wildman–Crippen LogP) is 6.17. The van der Waals surface area contributed by atoms with Crippen LogP contribution in [0.1, 0.15) is 48.0 Å². The fourth-order valence-corrected chi connectivity index (χ4v) is 3.28. The van der Waals surface area contributed by atoms with E-state index in [-0.39, 0.29) is 0 Å². The maximum Gasteiger partial charge on any atom is 0.165 e. The molecule has 0 heterocycles. The van der Waals surface area contributed by atoms with Crippen LogP contribution in [0.5, 0.6) is 0 Å². The molecule has 2 rings (SSSR count). The van der Waals surface area contributed by atoms with Crippen LogP contribution in [0.3, 0.4) is 0 Å². The molecule has 5 nitrogen and oxygen atoms in total. The molecule has 0 aliphatic heterocycles. The minimum Gasteiger partial charge on any atom is -0.386 e. The standard InChI is InChI=1S/C25H33N5.C2H6/c1-6-11-21(19(5)16-17-28-18(3)4)25(29-27)30(24(26)7-2)23-15-10-13-20-12-8-9-14-22(20)23;1-2/h7-16,28H,3,6,17,26-27H2,1-2,4-5H3;1-2H3/b19-16-,21-11+,24-7-,29-25-;. The van der Waals surface area contributed by atoms with Gasteiger partial charge in [-0.25, -0.2) is 0 Å². The van der Waals surface area contributed by atoms with Crippen LogP contribution < -0.4 is 21.8 Å². The van der Waals surface area contributed by atoms with Gasteiger partial charge in [0, 0.05) is 23.2 Å². The summed E-state index contributed by atoms with van der Waals surface area (Å²) in [6.45, 7) is 16.6. The third-order valence-electron chi connectivity index (χ3n) is 4.78. The molecule has 2 aromatic rings. The van der Waals surface area contributed by atoms with Crippen molar-refractivity contribution in [1.82, 2.24) is 5.32 Å². The molecule has 0 spiro atoms. The smallest absolute Gasteiger partial charge is 0.165 e. The zero-order chi connectivity index (χ0) is 24.1. The van der Waals surface area contributed by atoms with Crippen LogP contribution in [0.2, 0.25) is 0 Å². The Balaban J connectivity index is 0.00000249. The van der Waals surface area contributed by atoms with E-state index in [9.17, 15) is 0 Å². The van der Waals surface area contributed by atoms with E-state index in [1.54, 1.807) is 0 Å². The molecule has 0 bridgehead atoms. The summed E-state index contributed by atoms with van der Waals surface area (Å²) in [5.74, 6) is 7.12. The minimum absolute atomic E-state index is 0.561. The lowest BCUT2D eigenvalue weighted by Crippen LogP contribution is -2.36. The van der Waals surface area contributed by atoms with E-state index in [0.29, 0.717) is 18.2 Å². The molecule has 0 aromatic heterocycles. The number of rotatable bonds is 8. The average Bonchev–Trinajstić information content (AvgIpc) is 2.81. The predicted molar refractivity (Wildman–Crippen MR) is 142 cm³/mol. The lowest BCUT2D eigenvalue weighted by atomic mass is 10.0. The van der Waals surface area contributed by atoms with Gasteiger partial charge in [0.05, 0.1) is 5.69 Å². The van der Waals surface area contributed by atoms with Crippen LogP contribution in [0.4, 0.5) is 5.69 Å². The SMILES string of the molecule is C=C(C)NC\C=C(C)/C(=C\CC)C(=N/N)/N(/C(N)=C\C)c1cccc2ccccc12.CC. The zero-order valence-electron chi connectivity index (χ0n) is 20.4. The second-order valence-electron chi connectivity index (χ2n) is 7.07. The summed E-state index contributed by atoms with van der Waals surface area (Å²) in [5, 5.41) is 9.63. The molecule has 0 saturated heterocycles. The summed E-state index contributed by atoms with van der Waals surface area (Å²) < 4.78 is 0. The topological polar surface area (TPSA) is 79.7 Å². The molecule has 0 saturated carbocycles. The van der Waals surface area contributed by atoms with E-state index in [1.807, 2.05) is 62.9 Å². The summed E-state index contributed by atoms with van der Waals surface area (Å²) in [7, 11) is 0. The highest BCUT2D eigenvalue weighted by Gasteiger charge is 2.22. The molecule has 0 aliphatic carbocycles. The van der Waals surface area contributed by atoms with Gasteiger partial charge in [0.1, 0.15) is 5.82 Å². The fraction of sp³-hybridized carbons (Fsp3) is 0.296. The average molecular weight is 434 g/mol. The van der Waals surface area contributed by atoms with Crippen molar-refractivity contribution >= 4 is 22.3 Å². The molecule has 0 aliphatic rings. The number of nitrogens with one attached hydrogen (secondary N) is 1. The minimum atomic E-state index is 0.561. The molecule has 0 fully saturated rings. The monoisotopic (exact) mass is 433 g/mol. The first kappa shape index (κ1) is 26.6. The Labute approximate surface area is 193 Å². The largest absolute Gasteiger partial charge is 0.386 e. The van der Waals surface area contributed by atoms with Crippen molar-refractivity contribution in [2.45, 2.75) is 48.0 Å². The molecule has 0 radical (unpaired) electrons. The Morgan fingerprint density at radius 1 is 1.09 bits per heavy atom. The molecule has 172 valence electrons. The van der Waals surface area contributed by atoms with Crippen LogP contribution in [0.25, 0.3) is 10.8 Å². The maximum absolute atomic E-state index is 6.47. The fourth-order valence-electron chi connectivity index (χ4n) is 3.28. The number of fused-ring (bicyclic) bond motifs is 1. The van der Waals surface area contributed by atoms with Gasteiger partial charge in [0.15, 0.2) is 5.84 Å². The van der Waals surface area contributed by atoms with E-state index in [1.165, 1.54) is 0 Å². The Hall–Kier alpha value is -3.47. The van der Waals surface area contributed by atoms with Gasteiger partial charge in [-0.05, 0) is 50.3 Å². The van der Waals surface area contributed by atoms with Crippen LogP contribution in [0, 0.1) is 0 Å². The lowest BCUT2D eigenvalue weighted by molar-refractivity contribution is 0.905. The van der Waals surface area contributed by atoms with E-state index < -0.39 is 0 Å². The number of anilines is 1. The second kappa shape index (κ2) is 13.8. The highest BCUT2D eigenvalue weighted by molar-refractivity contribution is 6.17. The molecule has 0 atom stereocenters. The molecule has 2 aromatic carbocycles. The van der Waals surface area contributed by atoms with Gasteiger partial charge in [-0.2, -0.15) is 5.10 Å². The summed E-state index contributed by atoms with van der Waals surface area (Å²) in [6.07, 6.45) is 6.93. The van der Waals surface area contributed by atoms with Crippen molar-refractivity contribution in [1.29, 1.82) is 0 Å². The maximum atomic E-state index is 6.47. The van der Waals surface area contributed by atoms with Gasteiger partial charge in [-0.1, -0.05) is 75.9 Å². The number of amidine groups is 1. The highest BCUT2D eigenvalue weighted by atomic mass is 15.3. The Morgan fingerprint density at radius 2 is 1.75 bits per heavy atom. The van der Waals surface area contributed by atoms with Crippen molar-refractivity contribution in [3.63, 3.8) is 0 Å². The zero-order valence-corrected chi connectivity index (χ0v) is 20.4. The third-order valence-corrected chi connectivity index (χ3v) is 4.78. The molecule has 32 heavy (non-hydrogen) atoms. The Morgan fingerprint density at radius 3 is 2.34 bits per heavy atom. The van der Waals surface area contributed by atoms with Gasteiger partial charge in [-0.3, -0.25) is 4.90 Å². The normalized spacial score (nSPS) is 12.8. The van der Waals surface area contributed by atoms with Gasteiger partial charge < -0.3 is 16.9 Å². The van der Waals surface area contributed by atoms with E-state index in [0.717, 1.165) is 39.7 Å². The first-order valence-electron chi connectivity index (χ1n) is 11.2. The molecule has 0 amide bonds. The highest BCUT2D eigenvalue weighted by Crippen LogP contribution is 2.31. The number of hydrogen-bond acceptors (Lipinski definition) is 4. The first-order valence-corrected chi connectivity index (χ1v) is 11.2. The van der Waals surface area contributed by atoms with Crippen molar-refractivity contribution in [3.8, 4) is 0 Å². The molecular weight excluding hydrogens is 394 g/mol. The van der Waals surface area contributed by atoms with Gasteiger partial charge >= 0.3 is 0 Å². The van der Waals surface area contributed by atoms with Gasteiger partial charge in [0.2, 0.25) is 0 Å². The molecular formula is C27H39N5. The quantitative estimate of drug-likeness (QED) is 0.153. The Bertz CT molecular complexity index is 1010. The van der Waals surface area contributed by atoms with Crippen LogP contribution in [-0.2, 0) is 0 Å². The van der Waals surface area contributed by atoms with Crippen molar-refractivity contribution in [3.05, 3.63) is 89.9 Å². The van der Waals surface area contributed by atoms with E-state index in [4.69, 9.17) is 11.6 Å². The van der Waals surface area contributed by atoms with Gasteiger partial charge in [-0.15, -0.1) is 0 Å². The summed E-state index contributed by atoms with van der Waals surface area (Å²) >= 11 is 0. The molecule has 5 heteroatoms. The Kier molecular flexibility index (Phi) is 11.4. The van der Waals surface area contributed by atoms with Crippen molar-refractivity contribution < 1.29 is 0 Å². The van der Waals surface area contributed by atoms with E-state index >= 15 is 0 Å². The summed E-state index contributed by atoms with van der Waals surface area (Å²) in [5.41, 5.74) is 10.3. The number of benzene rings is 2. The number of hydrazone groups is 1.